The van der Waals surface area contributed by atoms with Gasteiger partial charge in [-0.2, -0.15) is 0 Å². The van der Waals surface area contributed by atoms with Crippen LogP contribution in [0, 0.1) is 0 Å². The van der Waals surface area contributed by atoms with Crippen molar-refractivity contribution in [3.05, 3.63) is 58.5 Å². The van der Waals surface area contributed by atoms with E-state index in [1.54, 1.807) is 12.1 Å². The molecule has 2 aromatic rings. The van der Waals surface area contributed by atoms with Crippen LogP contribution < -0.4 is 5.32 Å². The number of carbonyl (C=O) groups is 1. The van der Waals surface area contributed by atoms with Gasteiger partial charge in [-0.1, -0.05) is 23.7 Å². The highest BCUT2D eigenvalue weighted by Crippen LogP contribution is 2.10. The maximum atomic E-state index is 11.2. The third-order valence-corrected chi connectivity index (χ3v) is 3.10. The minimum atomic E-state index is -0.461. The Labute approximate surface area is 122 Å². The minimum absolute atomic E-state index is 0.224. The fourth-order valence-corrected chi connectivity index (χ4v) is 1.90. The van der Waals surface area contributed by atoms with Gasteiger partial charge < -0.3 is 14.5 Å². The van der Waals surface area contributed by atoms with E-state index in [1.165, 1.54) is 12.7 Å². The molecule has 2 rings (SSSR count). The second-order valence-corrected chi connectivity index (χ2v) is 4.75. The molecule has 0 bridgehead atoms. The molecule has 1 heterocycles. The van der Waals surface area contributed by atoms with Gasteiger partial charge in [0.25, 0.3) is 0 Å². The van der Waals surface area contributed by atoms with E-state index in [2.05, 4.69) is 10.1 Å². The van der Waals surface area contributed by atoms with Gasteiger partial charge in [-0.25, -0.2) is 4.79 Å². The number of furan rings is 1. The molecule has 0 saturated carbocycles. The zero-order valence-corrected chi connectivity index (χ0v) is 11.9. The topological polar surface area (TPSA) is 51.5 Å². The zero-order chi connectivity index (χ0) is 14.4. The fourth-order valence-electron chi connectivity index (χ4n) is 1.78. The van der Waals surface area contributed by atoms with Crippen LogP contribution in [-0.2, 0) is 17.7 Å². The molecule has 106 valence electrons. The van der Waals surface area contributed by atoms with Gasteiger partial charge in [0.2, 0.25) is 5.76 Å². The lowest BCUT2D eigenvalue weighted by Gasteiger charge is -2.03. The fraction of sp³-hybridized carbons (Fsp3) is 0.267. The maximum Gasteiger partial charge on any atom is 0.373 e. The summed E-state index contributed by atoms with van der Waals surface area (Å²) in [6.45, 7) is 1.39. The van der Waals surface area contributed by atoms with Crippen LogP contribution in [0.5, 0.6) is 0 Å². The van der Waals surface area contributed by atoms with Crippen LogP contribution in [0.4, 0.5) is 0 Å². The monoisotopic (exact) mass is 293 g/mol. The third-order valence-electron chi connectivity index (χ3n) is 2.85. The Hall–Kier alpha value is -1.78. The van der Waals surface area contributed by atoms with Gasteiger partial charge in [0, 0.05) is 5.02 Å². The first-order chi connectivity index (χ1) is 9.69. The van der Waals surface area contributed by atoms with Crippen LogP contribution in [0.2, 0.25) is 5.02 Å². The predicted octanol–water partition coefficient (Wildman–Crippen LogP) is 3.05. The Bertz CT molecular complexity index is 563. The average molecular weight is 294 g/mol. The largest absolute Gasteiger partial charge is 0.463 e. The van der Waals surface area contributed by atoms with Crippen molar-refractivity contribution in [1.82, 2.24) is 5.32 Å². The highest BCUT2D eigenvalue weighted by molar-refractivity contribution is 6.30. The summed E-state index contributed by atoms with van der Waals surface area (Å²) in [5, 5.41) is 4.00. The molecule has 0 atom stereocenters. The molecule has 0 aliphatic rings. The van der Waals surface area contributed by atoms with Gasteiger partial charge in [-0.3, -0.25) is 0 Å². The predicted molar refractivity (Wildman–Crippen MR) is 76.9 cm³/mol. The summed E-state index contributed by atoms with van der Waals surface area (Å²) in [6, 6.07) is 11.2. The molecule has 0 unspecified atom stereocenters. The number of methoxy groups -OCH3 is 1. The molecule has 4 nitrogen and oxygen atoms in total. The number of ether oxygens (including phenoxy) is 1. The van der Waals surface area contributed by atoms with Crippen LogP contribution in [0.25, 0.3) is 0 Å². The molecule has 0 spiro atoms. The number of esters is 1. The highest BCUT2D eigenvalue weighted by atomic mass is 35.5. The van der Waals surface area contributed by atoms with Gasteiger partial charge in [-0.05, 0) is 42.8 Å². The molecule has 20 heavy (non-hydrogen) atoms. The molecule has 5 heteroatoms. The van der Waals surface area contributed by atoms with Gasteiger partial charge in [0.15, 0.2) is 0 Å². The number of carbonyl (C=O) groups excluding carboxylic acids is 1. The van der Waals surface area contributed by atoms with E-state index in [1.807, 2.05) is 24.3 Å². The molecule has 0 aliphatic heterocycles. The second kappa shape index (κ2) is 7.12. The van der Waals surface area contributed by atoms with Crippen molar-refractivity contribution < 1.29 is 13.9 Å². The molecule has 1 aromatic carbocycles. The second-order valence-electron chi connectivity index (χ2n) is 4.31. The summed E-state index contributed by atoms with van der Waals surface area (Å²) in [7, 11) is 1.33. The SMILES string of the molecule is COC(=O)c1ccc(CNCCc2ccc(Cl)cc2)o1. The minimum Gasteiger partial charge on any atom is -0.463 e. The summed E-state index contributed by atoms with van der Waals surface area (Å²) in [5.41, 5.74) is 1.22. The number of hydrogen-bond acceptors (Lipinski definition) is 4. The van der Waals surface area contributed by atoms with Crippen LogP contribution in [0.15, 0.2) is 40.8 Å². The van der Waals surface area contributed by atoms with Crippen LogP contribution in [0.1, 0.15) is 21.9 Å². The summed E-state index contributed by atoms with van der Waals surface area (Å²) in [6.07, 6.45) is 0.905. The van der Waals surface area contributed by atoms with E-state index in [0.29, 0.717) is 12.3 Å². The standard InChI is InChI=1S/C15H16ClNO3/c1-19-15(18)14-7-6-13(20-14)10-17-9-8-11-2-4-12(16)5-3-11/h2-7,17H,8-10H2,1H3. The average Bonchev–Trinajstić information content (AvgIpc) is 2.93. The van der Waals surface area contributed by atoms with Gasteiger partial charge in [-0.15, -0.1) is 0 Å². The third kappa shape index (κ3) is 4.11. The normalized spacial score (nSPS) is 10.5. The summed E-state index contributed by atoms with van der Waals surface area (Å²) in [5.74, 6) is 0.473. The number of hydrogen-bond donors (Lipinski definition) is 1. The lowest BCUT2D eigenvalue weighted by Crippen LogP contribution is -2.16. The van der Waals surface area contributed by atoms with Crippen LogP contribution >= 0.6 is 11.6 Å². The number of benzene rings is 1. The molecule has 1 aromatic heterocycles. The van der Waals surface area contributed by atoms with E-state index < -0.39 is 5.97 Å². The lowest BCUT2D eigenvalue weighted by atomic mass is 10.1. The van der Waals surface area contributed by atoms with Crippen LogP contribution in [-0.4, -0.2) is 19.6 Å². The number of rotatable bonds is 6. The number of nitrogens with one attached hydrogen (secondary N) is 1. The van der Waals surface area contributed by atoms with E-state index in [4.69, 9.17) is 16.0 Å². The lowest BCUT2D eigenvalue weighted by molar-refractivity contribution is 0.0563. The Balaban J connectivity index is 1.74. The highest BCUT2D eigenvalue weighted by Gasteiger charge is 2.10. The Morgan fingerprint density at radius 3 is 2.70 bits per heavy atom. The molecular formula is C15H16ClNO3. The Kier molecular flexibility index (Phi) is 5.21. The van der Waals surface area contributed by atoms with Crippen molar-refractivity contribution in [3.8, 4) is 0 Å². The summed E-state index contributed by atoms with van der Waals surface area (Å²) < 4.78 is 9.93. The van der Waals surface area contributed by atoms with Crippen molar-refractivity contribution in [1.29, 1.82) is 0 Å². The van der Waals surface area contributed by atoms with Gasteiger partial charge >= 0.3 is 5.97 Å². The molecular weight excluding hydrogens is 278 g/mol. The van der Waals surface area contributed by atoms with Gasteiger partial charge in [0.05, 0.1) is 13.7 Å². The first-order valence-corrected chi connectivity index (χ1v) is 6.69. The molecule has 0 saturated heterocycles. The molecule has 0 radical (unpaired) electrons. The first-order valence-electron chi connectivity index (χ1n) is 6.31. The molecule has 0 fully saturated rings. The van der Waals surface area contributed by atoms with Crippen LogP contribution in [0.3, 0.4) is 0 Å². The summed E-state index contributed by atoms with van der Waals surface area (Å²) in [4.78, 5) is 11.2. The van der Waals surface area contributed by atoms with Gasteiger partial charge in [0.1, 0.15) is 5.76 Å². The van der Waals surface area contributed by atoms with Crippen molar-refractivity contribution in [2.45, 2.75) is 13.0 Å². The number of halogens is 1. The van der Waals surface area contributed by atoms with Crippen molar-refractivity contribution in [2.75, 3.05) is 13.7 Å². The zero-order valence-electron chi connectivity index (χ0n) is 11.2. The van der Waals surface area contributed by atoms with E-state index in [9.17, 15) is 4.79 Å². The van der Waals surface area contributed by atoms with Crippen molar-refractivity contribution in [3.63, 3.8) is 0 Å². The molecule has 0 amide bonds. The first kappa shape index (κ1) is 14.6. The molecule has 0 aliphatic carbocycles. The van der Waals surface area contributed by atoms with E-state index >= 15 is 0 Å². The Morgan fingerprint density at radius 2 is 2.00 bits per heavy atom. The van der Waals surface area contributed by atoms with E-state index in [-0.39, 0.29) is 5.76 Å². The quantitative estimate of drug-likeness (QED) is 0.657. The van der Waals surface area contributed by atoms with Crippen molar-refractivity contribution in [2.24, 2.45) is 0 Å². The maximum absolute atomic E-state index is 11.2. The smallest absolute Gasteiger partial charge is 0.373 e. The van der Waals surface area contributed by atoms with Crippen molar-refractivity contribution >= 4 is 17.6 Å². The molecule has 1 N–H and O–H groups in total. The Morgan fingerprint density at radius 1 is 1.25 bits per heavy atom. The van der Waals surface area contributed by atoms with E-state index in [0.717, 1.165) is 18.0 Å². The summed E-state index contributed by atoms with van der Waals surface area (Å²) >= 11 is 5.83.